The zero-order valence-corrected chi connectivity index (χ0v) is 13.7. The van der Waals surface area contributed by atoms with Gasteiger partial charge in [0.15, 0.2) is 0 Å². The summed E-state index contributed by atoms with van der Waals surface area (Å²) in [7, 11) is 0. The zero-order valence-electron chi connectivity index (χ0n) is 13.7. The summed E-state index contributed by atoms with van der Waals surface area (Å²) < 4.78 is 44.1. The Morgan fingerprint density at radius 2 is 1.88 bits per heavy atom. The van der Waals surface area contributed by atoms with Crippen molar-refractivity contribution in [1.82, 2.24) is 0 Å². The second kappa shape index (κ2) is 6.98. The molecule has 0 saturated heterocycles. The molecule has 1 aromatic carbocycles. The minimum atomic E-state index is -4.48. The number of hydrogen-bond acceptors (Lipinski definition) is 3. The number of carbonyl (C=O) groups excluding carboxylic acids is 1. The van der Waals surface area contributed by atoms with E-state index in [0.29, 0.717) is 24.5 Å². The molecule has 0 aliphatic carbocycles. The van der Waals surface area contributed by atoms with Crippen molar-refractivity contribution >= 4 is 17.3 Å². The lowest BCUT2D eigenvalue weighted by molar-refractivity contribution is -0.137. The third kappa shape index (κ3) is 3.72. The number of furan rings is 1. The molecule has 7 heteroatoms. The first-order chi connectivity index (χ1) is 11.3. The predicted octanol–water partition coefficient (Wildman–Crippen LogP) is 4.71. The molecule has 0 bridgehead atoms. The Morgan fingerprint density at radius 1 is 1.21 bits per heavy atom. The molecule has 0 aliphatic rings. The highest BCUT2D eigenvalue weighted by molar-refractivity contribution is 6.06. The molecule has 4 nitrogen and oxygen atoms in total. The molecule has 2 rings (SSSR count). The number of alkyl halides is 3. The van der Waals surface area contributed by atoms with Gasteiger partial charge >= 0.3 is 6.18 Å². The number of anilines is 2. The van der Waals surface area contributed by atoms with Gasteiger partial charge in [-0.3, -0.25) is 4.79 Å². The highest BCUT2D eigenvalue weighted by Crippen LogP contribution is 2.35. The van der Waals surface area contributed by atoms with Crippen LogP contribution in [0.25, 0.3) is 0 Å². The predicted molar refractivity (Wildman–Crippen MR) is 86.4 cm³/mol. The summed E-state index contributed by atoms with van der Waals surface area (Å²) in [5.41, 5.74) is 0.150. The molecular weight excluding hydrogens is 321 g/mol. The van der Waals surface area contributed by atoms with Gasteiger partial charge in [-0.25, -0.2) is 0 Å². The Labute approximate surface area is 138 Å². The van der Waals surface area contributed by atoms with E-state index in [9.17, 15) is 18.0 Å². The van der Waals surface area contributed by atoms with Crippen molar-refractivity contribution in [2.75, 3.05) is 23.3 Å². The van der Waals surface area contributed by atoms with Gasteiger partial charge in [0.05, 0.1) is 28.8 Å². The number of nitrogens with zero attached hydrogens (tertiary/aromatic N) is 1. The Balaban J connectivity index is 2.44. The van der Waals surface area contributed by atoms with Gasteiger partial charge in [-0.05, 0) is 45.0 Å². The maximum atomic E-state index is 13.0. The van der Waals surface area contributed by atoms with Crippen LogP contribution in [0.5, 0.6) is 0 Å². The highest BCUT2D eigenvalue weighted by atomic mass is 19.4. The first-order valence-corrected chi connectivity index (χ1v) is 7.59. The van der Waals surface area contributed by atoms with Crippen LogP contribution in [-0.4, -0.2) is 19.0 Å². The summed E-state index contributed by atoms with van der Waals surface area (Å²) in [6.07, 6.45) is -3.12. The molecule has 24 heavy (non-hydrogen) atoms. The van der Waals surface area contributed by atoms with Crippen molar-refractivity contribution in [2.24, 2.45) is 0 Å². The minimum Gasteiger partial charge on any atom is -0.469 e. The van der Waals surface area contributed by atoms with Crippen LogP contribution in [0.2, 0.25) is 0 Å². The summed E-state index contributed by atoms with van der Waals surface area (Å²) in [4.78, 5) is 14.2. The molecule has 0 aliphatic heterocycles. The van der Waals surface area contributed by atoms with E-state index < -0.39 is 17.6 Å². The molecule has 1 amide bonds. The third-order valence-corrected chi connectivity index (χ3v) is 3.78. The summed E-state index contributed by atoms with van der Waals surface area (Å²) in [6, 6.07) is 4.84. The van der Waals surface area contributed by atoms with Crippen LogP contribution < -0.4 is 10.2 Å². The summed E-state index contributed by atoms with van der Waals surface area (Å²) in [6.45, 7) is 6.62. The van der Waals surface area contributed by atoms with Crippen molar-refractivity contribution in [3.8, 4) is 0 Å². The Morgan fingerprint density at radius 3 is 2.38 bits per heavy atom. The fourth-order valence-electron chi connectivity index (χ4n) is 2.46. The van der Waals surface area contributed by atoms with E-state index in [-0.39, 0.29) is 11.3 Å². The fraction of sp³-hybridized carbons (Fsp3) is 0.353. The van der Waals surface area contributed by atoms with Crippen LogP contribution in [0.1, 0.15) is 35.5 Å². The van der Waals surface area contributed by atoms with E-state index >= 15 is 0 Å². The molecule has 1 N–H and O–H groups in total. The quantitative estimate of drug-likeness (QED) is 0.858. The number of benzene rings is 1. The molecule has 0 saturated carbocycles. The van der Waals surface area contributed by atoms with Crippen LogP contribution in [0.4, 0.5) is 24.5 Å². The van der Waals surface area contributed by atoms with Gasteiger partial charge in [-0.1, -0.05) is 0 Å². The molecular formula is C17H19F3N2O2. The van der Waals surface area contributed by atoms with Gasteiger partial charge in [-0.15, -0.1) is 0 Å². The maximum Gasteiger partial charge on any atom is 0.416 e. The SMILES string of the molecule is CCN(CC)c1ccc(C(F)(F)F)cc1NC(=O)c1ccoc1C. The zero-order chi connectivity index (χ0) is 17.9. The molecule has 1 aromatic heterocycles. The van der Waals surface area contributed by atoms with Gasteiger partial charge in [-0.2, -0.15) is 13.2 Å². The smallest absolute Gasteiger partial charge is 0.416 e. The summed E-state index contributed by atoms with van der Waals surface area (Å²) >= 11 is 0. The van der Waals surface area contributed by atoms with E-state index in [2.05, 4.69) is 5.32 Å². The van der Waals surface area contributed by atoms with Crippen LogP contribution in [0.3, 0.4) is 0 Å². The van der Waals surface area contributed by atoms with Crippen molar-refractivity contribution in [3.05, 3.63) is 47.4 Å². The van der Waals surface area contributed by atoms with Crippen LogP contribution in [0.15, 0.2) is 34.9 Å². The van der Waals surface area contributed by atoms with Crippen molar-refractivity contribution in [2.45, 2.75) is 26.9 Å². The van der Waals surface area contributed by atoms with Crippen molar-refractivity contribution in [1.29, 1.82) is 0 Å². The molecule has 1 heterocycles. The maximum absolute atomic E-state index is 13.0. The molecule has 0 atom stereocenters. The Bertz CT molecular complexity index is 719. The lowest BCUT2D eigenvalue weighted by Gasteiger charge is -2.25. The van der Waals surface area contributed by atoms with Crippen LogP contribution in [-0.2, 0) is 6.18 Å². The molecule has 0 spiro atoms. The number of aryl methyl sites for hydroxylation is 1. The lowest BCUT2D eigenvalue weighted by atomic mass is 10.1. The van der Waals surface area contributed by atoms with E-state index in [4.69, 9.17) is 4.42 Å². The molecule has 130 valence electrons. The monoisotopic (exact) mass is 340 g/mol. The van der Waals surface area contributed by atoms with E-state index in [1.807, 2.05) is 18.7 Å². The first kappa shape index (κ1) is 17.9. The summed E-state index contributed by atoms with van der Waals surface area (Å²) in [5, 5.41) is 2.57. The Hall–Kier alpha value is -2.44. The second-order valence-corrected chi connectivity index (χ2v) is 5.25. The van der Waals surface area contributed by atoms with E-state index in [1.165, 1.54) is 18.4 Å². The fourth-order valence-corrected chi connectivity index (χ4v) is 2.46. The molecule has 0 radical (unpaired) electrons. The number of rotatable bonds is 5. The third-order valence-electron chi connectivity index (χ3n) is 3.78. The van der Waals surface area contributed by atoms with Gasteiger partial charge in [0, 0.05) is 13.1 Å². The number of nitrogens with one attached hydrogen (secondary N) is 1. The highest BCUT2D eigenvalue weighted by Gasteiger charge is 2.31. The average molecular weight is 340 g/mol. The largest absolute Gasteiger partial charge is 0.469 e. The van der Waals surface area contributed by atoms with Crippen LogP contribution in [0, 0.1) is 6.92 Å². The lowest BCUT2D eigenvalue weighted by Crippen LogP contribution is -2.24. The number of halogens is 3. The van der Waals surface area contributed by atoms with Gasteiger partial charge < -0.3 is 14.6 Å². The van der Waals surface area contributed by atoms with Gasteiger partial charge in [0.25, 0.3) is 5.91 Å². The standard InChI is InChI=1S/C17H19F3N2O2/c1-4-22(5-2)15-7-6-12(17(18,19)20)10-14(15)21-16(23)13-8-9-24-11(13)3/h6-10H,4-5H2,1-3H3,(H,21,23). The molecule has 0 unspecified atom stereocenters. The van der Waals surface area contributed by atoms with E-state index in [1.54, 1.807) is 6.92 Å². The minimum absolute atomic E-state index is 0.124. The van der Waals surface area contributed by atoms with Gasteiger partial charge in [0.1, 0.15) is 5.76 Å². The average Bonchev–Trinajstić information content (AvgIpc) is 2.95. The van der Waals surface area contributed by atoms with Crippen LogP contribution >= 0.6 is 0 Å². The molecule has 2 aromatic rings. The van der Waals surface area contributed by atoms with E-state index in [0.717, 1.165) is 12.1 Å². The number of amides is 1. The number of carbonyl (C=O) groups is 1. The second-order valence-electron chi connectivity index (χ2n) is 5.25. The topological polar surface area (TPSA) is 45.5 Å². The first-order valence-electron chi connectivity index (χ1n) is 7.59. The number of hydrogen-bond donors (Lipinski definition) is 1. The normalized spacial score (nSPS) is 11.4. The molecule has 0 fully saturated rings. The van der Waals surface area contributed by atoms with Crippen molar-refractivity contribution < 1.29 is 22.4 Å². The summed E-state index contributed by atoms with van der Waals surface area (Å²) in [5.74, 6) is -0.0992. The van der Waals surface area contributed by atoms with Crippen molar-refractivity contribution in [3.63, 3.8) is 0 Å². The Kier molecular flexibility index (Phi) is 5.21. The van der Waals surface area contributed by atoms with Gasteiger partial charge in [0.2, 0.25) is 0 Å².